The van der Waals surface area contributed by atoms with E-state index in [0.717, 1.165) is 6.42 Å². The smallest absolute Gasteiger partial charge is 0.338 e. The van der Waals surface area contributed by atoms with E-state index in [-0.39, 0.29) is 41.0 Å². The highest BCUT2D eigenvalue weighted by Crippen LogP contribution is 2.65. The first-order valence-electron chi connectivity index (χ1n) is 12.3. The minimum Gasteiger partial charge on any atom is -0.492 e. The molecule has 0 spiro atoms. The Balaban J connectivity index is 1.09. The predicted molar refractivity (Wildman–Crippen MR) is 130 cm³/mol. The number of carbonyl (C=O) groups is 4. The van der Waals surface area contributed by atoms with E-state index < -0.39 is 18.5 Å². The molecule has 3 amide bonds. The first-order valence-corrected chi connectivity index (χ1v) is 12.3. The Hall–Kier alpha value is -3.94. The van der Waals surface area contributed by atoms with E-state index in [1.165, 1.54) is 17.0 Å². The largest absolute Gasteiger partial charge is 0.492 e. The van der Waals surface area contributed by atoms with Gasteiger partial charge in [-0.25, -0.2) is 4.79 Å². The monoisotopic (exact) mass is 486 g/mol. The number of imide groups is 1. The van der Waals surface area contributed by atoms with Gasteiger partial charge in [0.25, 0.3) is 5.91 Å². The number of rotatable bonds is 7. The number of carbonyl (C=O) groups excluding carboxylic acids is 4. The molecule has 5 aliphatic rings. The van der Waals surface area contributed by atoms with Gasteiger partial charge >= 0.3 is 5.97 Å². The van der Waals surface area contributed by atoms with E-state index in [4.69, 9.17) is 9.47 Å². The van der Waals surface area contributed by atoms with E-state index in [1.807, 2.05) is 6.92 Å². The molecule has 8 heteroatoms. The first-order chi connectivity index (χ1) is 17.5. The number of nitrogens with zero attached hydrogens (tertiary/aromatic N) is 1. The van der Waals surface area contributed by atoms with Crippen LogP contribution in [-0.2, 0) is 19.1 Å². The van der Waals surface area contributed by atoms with Crippen molar-refractivity contribution in [2.75, 3.05) is 23.4 Å². The summed E-state index contributed by atoms with van der Waals surface area (Å²) in [5.74, 6) is -0.0711. The third-order valence-electron chi connectivity index (χ3n) is 7.82. The fourth-order valence-corrected chi connectivity index (χ4v) is 6.21. The number of allylic oxidation sites excluding steroid dienone is 2. The SMILES string of the molecule is CCOc1ccccc1NC(=O)COC(=O)c1ccc(N2C(=O)[C@@H]3[C@H]4C=C[C@@H]([C@@H]5C[C@H]45)[C@H]3C2=O)cc1. The summed E-state index contributed by atoms with van der Waals surface area (Å²) in [5.41, 5.74) is 1.17. The molecular formula is C28H26N2O6. The molecule has 2 aromatic carbocycles. The maximum atomic E-state index is 13.2. The van der Waals surface area contributed by atoms with E-state index in [0.29, 0.717) is 35.6 Å². The molecule has 0 aromatic heterocycles. The molecule has 3 fully saturated rings. The summed E-state index contributed by atoms with van der Waals surface area (Å²) < 4.78 is 10.6. The second-order valence-electron chi connectivity index (χ2n) is 9.77. The van der Waals surface area contributed by atoms with Gasteiger partial charge < -0.3 is 14.8 Å². The molecule has 1 saturated heterocycles. The molecule has 36 heavy (non-hydrogen) atoms. The maximum Gasteiger partial charge on any atom is 0.338 e. The zero-order valence-electron chi connectivity index (χ0n) is 19.8. The lowest BCUT2D eigenvalue weighted by Gasteiger charge is -2.37. The lowest BCUT2D eigenvalue weighted by molar-refractivity contribution is -0.124. The number of hydrogen-bond acceptors (Lipinski definition) is 6. The van der Waals surface area contributed by atoms with E-state index in [2.05, 4.69) is 17.5 Å². The van der Waals surface area contributed by atoms with Crippen molar-refractivity contribution < 1.29 is 28.7 Å². The van der Waals surface area contributed by atoms with Gasteiger partial charge in [-0.15, -0.1) is 0 Å². The summed E-state index contributed by atoms with van der Waals surface area (Å²) in [6.07, 6.45) is 5.39. The molecule has 6 atom stereocenters. The van der Waals surface area contributed by atoms with Crippen molar-refractivity contribution in [2.45, 2.75) is 13.3 Å². The molecule has 1 heterocycles. The third-order valence-corrected chi connectivity index (χ3v) is 7.82. The van der Waals surface area contributed by atoms with Crippen LogP contribution in [0.25, 0.3) is 0 Å². The lowest BCUT2D eigenvalue weighted by atomic mass is 9.63. The summed E-state index contributed by atoms with van der Waals surface area (Å²) >= 11 is 0. The van der Waals surface area contributed by atoms with Crippen LogP contribution in [0.5, 0.6) is 5.75 Å². The Labute approximate surface area is 208 Å². The highest BCUT2D eigenvalue weighted by molar-refractivity contribution is 6.22. The fraction of sp³-hybridized carbons (Fsp3) is 0.357. The Kier molecular flexibility index (Phi) is 5.39. The van der Waals surface area contributed by atoms with Crippen LogP contribution in [0.15, 0.2) is 60.7 Å². The van der Waals surface area contributed by atoms with Crippen molar-refractivity contribution in [3.63, 3.8) is 0 Å². The van der Waals surface area contributed by atoms with Crippen molar-refractivity contribution >= 4 is 35.1 Å². The highest BCUT2D eigenvalue weighted by atomic mass is 16.5. The highest BCUT2D eigenvalue weighted by Gasteiger charge is 2.67. The zero-order valence-corrected chi connectivity index (χ0v) is 19.8. The van der Waals surface area contributed by atoms with Gasteiger partial charge in [0.15, 0.2) is 6.61 Å². The van der Waals surface area contributed by atoms with Gasteiger partial charge in [-0.05, 0) is 73.4 Å². The minimum absolute atomic E-state index is 0.144. The minimum atomic E-state index is -0.676. The van der Waals surface area contributed by atoms with Crippen LogP contribution >= 0.6 is 0 Å². The van der Waals surface area contributed by atoms with Gasteiger partial charge in [-0.1, -0.05) is 24.3 Å². The van der Waals surface area contributed by atoms with Crippen LogP contribution in [0.4, 0.5) is 11.4 Å². The van der Waals surface area contributed by atoms with Gasteiger partial charge in [0.05, 0.1) is 35.4 Å². The van der Waals surface area contributed by atoms with Gasteiger partial charge in [-0.3, -0.25) is 19.3 Å². The standard InChI is InChI=1S/C28H26N2O6/c1-2-35-22-6-4-3-5-21(22)29-23(31)14-36-28(34)15-7-9-16(10-8-15)30-26(32)24-17-11-12-18(20-13-19(17)20)25(24)27(30)33/h3-12,17-20,24-25H,2,13-14H2,1H3,(H,29,31)/t17-,18-,19-,20+,24+,25+/m0/s1. The van der Waals surface area contributed by atoms with Crippen LogP contribution < -0.4 is 15.0 Å². The number of esters is 1. The number of anilines is 2. The van der Waals surface area contributed by atoms with Crippen molar-refractivity contribution in [1.29, 1.82) is 0 Å². The number of benzene rings is 2. The summed E-state index contributed by atoms with van der Waals surface area (Å²) in [4.78, 5) is 52.5. The Morgan fingerprint density at radius 2 is 1.58 bits per heavy atom. The predicted octanol–water partition coefficient (Wildman–Crippen LogP) is 3.44. The molecule has 1 aliphatic heterocycles. The van der Waals surface area contributed by atoms with Crippen molar-refractivity contribution in [1.82, 2.24) is 0 Å². The number of ether oxygens (including phenoxy) is 2. The number of nitrogens with one attached hydrogen (secondary N) is 1. The molecule has 0 radical (unpaired) electrons. The van der Waals surface area contributed by atoms with Crippen LogP contribution in [0, 0.1) is 35.5 Å². The fourth-order valence-electron chi connectivity index (χ4n) is 6.21. The molecule has 7 rings (SSSR count). The Morgan fingerprint density at radius 1 is 0.944 bits per heavy atom. The molecule has 1 N–H and O–H groups in total. The summed E-state index contributed by atoms with van der Waals surface area (Å²) in [7, 11) is 0. The average Bonchev–Trinajstić information content (AvgIpc) is 3.67. The third kappa shape index (κ3) is 3.59. The average molecular weight is 487 g/mol. The zero-order chi connectivity index (χ0) is 25.0. The first kappa shape index (κ1) is 22.5. The Morgan fingerprint density at radius 3 is 2.22 bits per heavy atom. The summed E-state index contributed by atoms with van der Waals surface area (Å²) in [6.45, 7) is 1.83. The van der Waals surface area contributed by atoms with Gasteiger partial charge in [0.2, 0.25) is 11.8 Å². The maximum absolute atomic E-state index is 13.2. The van der Waals surface area contributed by atoms with E-state index in [9.17, 15) is 19.2 Å². The van der Waals surface area contributed by atoms with Crippen LogP contribution in [-0.4, -0.2) is 36.9 Å². The van der Waals surface area contributed by atoms with Gasteiger partial charge in [-0.2, -0.15) is 0 Å². The molecule has 4 aliphatic carbocycles. The molecule has 2 saturated carbocycles. The van der Waals surface area contributed by atoms with E-state index in [1.54, 1.807) is 36.4 Å². The Bertz CT molecular complexity index is 1250. The van der Waals surface area contributed by atoms with Crippen LogP contribution in [0.3, 0.4) is 0 Å². The number of amides is 3. The second-order valence-corrected chi connectivity index (χ2v) is 9.77. The summed E-state index contributed by atoms with van der Waals surface area (Å²) in [5, 5.41) is 2.67. The molecule has 2 aromatic rings. The van der Waals surface area contributed by atoms with Crippen molar-refractivity contribution in [2.24, 2.45) is 35.5 Å². The van der Waals surface area contributed by atoms with E-state index >= 15 is 0 Å². The molecule has 184 valence electrons. The molecule has 2 bridgehead atoms. The normalized spacial score (nSPS) is 29.0. The summed E-state index contributed by atoms with van der Waals surface area (Å²) in [6, 6.07) is 13.2. The van der Waals surface area contributed by atoms with Crippen molar-refractivity contribution in [3.8, 4) is 5.75 Å². The van der Waals surface area contributed by atoms with Gasteiger partial charge in [0.1, 0.15) is 5.75 Å². The molecular weight excluding hydrogens is 460 g/mol. The van der Waals surface area contributed by atoms with Crippen molar-refractivity contribution in [3.05, 3.63) is 66.2 Å². The van der Waals surface area contributed by atoms with Gasteiger partial charge in [0, 0.05) is 0 Å². The molecule has 8 nitrogen and oxygen atoms in total. The van der Waals surface area contributed by atoms with Crippen LogP contribution in [0.1, 0.15) is 23.7 Å². The molecule has 0 unspecified atom stereocenters. The van der Waals surface area contributed by atoms with Crippen LogP contribution in [0.2, 0.25) is 0 Å². The quantitative estimate of drug-likeness (QED) is 0.366. The number of para-hydroxylation sites is 2. The number of hydrogen-bond donors (Lipinski definition) is 1. The second kappa shape index (κ2) is 8.62. The topological polar surface area (TPSA) is 102 Å². The lowest BCUT2D eigenvalue weighted by Crippen LogP contribution is -2.40.